The maximum absolute atomic E-state index is 6.80. The van der Waals surface area contributed by atoms with Gasteiger partial charge in [-0.1, -0.05) is 44.6 Å². The molecule has 0 N–H and O–H groups in total. The Balaban J connectivity index is -0.000000376. The number of hydrogen-bond acceptors (Lipinski definition) is 4. The summed E-state index contributed by atoms with van der Waals surface area (Å²) in [6, 6.07) is 1.11. The molecule has 2 aliphatic rings. The maximum atomic E-state index is 6.80. The van der Waals surface area contributed by atoms with Crippen molar-refractivity contribution >= 4 is 43.0 Å². The quantitative estimate of drug-likeness (QED) is 0.228. The van der Waals surface area contributed by atoms with Crippen LogP contribution >= 0.6 is 0 Å². The highest BCUT2D eigenvalue weighted by molar-refractivity contribution is 7.14. The molecule has 1 saturated heterocycles. The molecule has 196 valence electrons. The molecule has 0 amide bonds. The van der Waals surface area contributed by atoms with Crippen LogP contribution in [0.4, 0.5) is 0 Å². The summed E-state index contributed by atoms with van der Waals surface area (Å²) in [6.07, 6.45) is 6.23. The topological polar surface area (TPSA) is 40.2 Å². The van der Waals surface area contributed by atoms with Crippen LogP contribution < -0.4 is 0 Å². The molecule has 2 rings (SSSR count). The van der Waals surface area contributed by atoms with E-state index in [1.807, 2.05) is 0 Å². The summed E-state index contributed by atoms with van der Waals surface area (Å²) in [5.41, 5.74) is 0. The Labute approximate surface area is 206 Å². The van der Waals surface area contributed by atoms with Gasteiger partial charge in [-0.2, -0.15) is 0 Å². The first kappa shape index (κ1) is 42.1. The molecule has 0 radical (unpaired) electrons. The van der Waals surface area contributed by atoms with Crippen LogP contribution in [0, 0.1) is 5.92 Å². The summed E-state index contributed by atoms with van der Waals surface area (Å²) in [5.74, 6) is 0.796. The summed E-state index contributed by atoms with van der Waals surface area (Å²) in [4.78, 5) is 0. The highest BCUT2D eigenvalue weighted by atomic mass is 29.2. The number of rotatable bonds is 9. The molecule has 0 aromatic carbocycles. The lowest BCUT2D eigenvalue weighted by Gasteiger charge is -2.42. The van der Waals surface area contributed by atoms with E-state index < -0.39 is 33.3 Å². The smallest absolute Gasteiger partial charge is 0.315 e. The van der Waals surface area contributed by atoms with Gasteiger partial charge in [-0.25, -0.2) is 0 Å². The molecule has 4 atom stereocenters. The van der Waals surface area contributed by atoms with E-state index >= 15 is 0 Å². The van der Waals surface area contributed by atoms with E-state index in [4.69, 9.17) is 17.1 Å². The van der Waals surface area contributed by atoms with Gasteiger partial charge in [0.05, 0.1) is 12.2 Å². The molecular weight excluding hydrogens is 469 g/mol. The molecule has 31 heavy (non-hydrogen) atoms. The van der Waals surface area contributed by atoms with Crippen molar-refractivity contribution in [3.05, 3.63) is 0 Å². The van der Waals surface area contributed by atoms with Crippen molar-refractivity contribution in [2.24, 2.45) is 5.92 Å². The van der Waals surface area contributed by atoms with Crippen LogP contribution in [0.15, 0.2) is 0 Å². The van der Waals surface area contributed by atoms with E-state index in [1.165, 1.54) is 25.7 Å². The number of ether oxygens (including phenoxy) is 1. The zero-order valence-corrected chi connectivity index (χ0v) is 23.9. The Morgan fingerprint density at radius 1 is 0.742 bits per heavy atom. The number of hydrogen-bond donors (Lipinski definition) is 0. The zero-order valence-electron chi connectivity index (χ0n) is 17.9. The van der Waals surface area contributed by atoms with Crippen LogP contribution in [0.3, 0.4) is 0 Å². The highest BCUT2D eigenvalue weighted by Crippen LogP contribution is 2.42. The minimum atomic E-state index is -2.20. The van der Waals surface area contributed by atoms with Crippen molar-refractivity contribution < 1.29 is 17.1 Å². The Kier molecular flexibility index (Phi) is 20.4. The second-order valence-corrected chi connectivity index (χ2v) is 34.2. The largest absolute Gasteiger partial charge is 0.440 e. The molecule has 0 aromatic rings. The van der Waals surface area contributed by atoms with Gasteiger partial charge in [-0.3, -0.25) is 0 Å². The number of fused-ring (bicyclic) bond motifs is 1. The van der Waals surface area contributed by atoms with E-state index in [2.05, 4.69) is 52.4 Å². The standard InChI is InChI=1S/C16H40O4Si5.6CH4/c1-22(2,3)18-23(4,5)19-25(8,20-24(6,7)21)12-11-14-9-10-15-16(13-14)17-15;;;;;;/h14-16H,9-13H2,1-8,21H3;6*1H4. The SMILES string of the molecule is C.C.C.C.C.C.C[Si](C)(C)O[Si](C)(C)O[Si](C)(CCC1CCC2OC2C1)O[Si](C)(C)[SiH3]. The van der Waals surface area contributed by atoms with E-state index in [0.29, 0.717) is 12.2 Å². The predicted octanol–water partition coefficient (Wildman–Crippen LogP) is 7.49. The second-order valence-electron chi connectivity index (χ2n) is 10.5. The third-order valence-corrected chi connectivity index (χ3v) is 20.0. The molecule has 4 nitrogen and oxygen atoms in total. The predicted molar refractivity (Wildman–Crippen MR) is 159 cm³/mol. The van der Waals surface area contributed by atoms with Gasteiger partial charge in [0.1, 0.15) is 0 Å². The molecule has 0 bridgehead atoms. The van der Waals surface area contributed by atoms with Crippen LogP contribution in [0.1, 0.15) is 70.2 Å². The van der Waals surface area contributed by atoms with Gasteiger partial charge in [0.2, 0.25) is 0 Å². The lowest BCUT2D eigenvalue weighted by molar-refractivity contribution is 0.311. The molecule has 1 heterocycles. The van der Waals surface area contributed by atoms with Gasteiger partial charge in [0.25, 0.3) is 0 Å². The van der Waals surface area contributed by atoms with Crippen molar-refractivity contribution in [2.75, 3.05) is 0 Å². The molecule has 1 aliphatic heterocycles. The first-order valence-electron chi connectivity index (χ1n) is 9.92. The maximum Gasteiger partial charge on any atom is 0.315 e. The Bertz CT molecular complexity index is 466. The van der Waals surface area contributed by atoms with Gasteiger partial charge in [0, 0.05) is 9.76 Å². The van der Waals surface area contributed by atoms with E-state index in [-0.39, 0.29) is 44.6 Å². The van der Waals surface area contributed by atoms with Crippen molar-refractivity contribution in [1.29, 1.82) is 0 Å². The lowest BCUT2D eigenvalue weighted by atomic mass is 9.88. The monoisotopic (exact) mass is 532 g/mol. The Morgan fingerprint density at radius 2 is 1.26 bits per heavy atom. The molecule has 1 saturated carbocycles. The first-order chi connectivity index (χ1) is 11.2. The van der Waals surface area contributed by atoms with E-state index in [9.17, 15) is 0 Å². The summed E-state index contributed by atoms with van der Waals surface area (Å²) in [7, 11) is -6.32. The summed E-state index contributed by atoms with van der Waals surface area (Å²) in [5, 5.41) is 0. The zero-order chi connectivity index (χ0) is 19.1. The number of epoxide rings is 1. The van der Waals surface area contributed by atoms with Gasteiger partial charge in [-0.15, -0.1) is 0 Å². The summed E-state index contributed by atoms with van der Waals surface area (Å²) in [6.45, 7) is 18.2. The van der Waals surface area contributed by atoms with E-state index in [1.54, 1.807) is 0 Å². The minimum Gasteiger partial charge on any atom is -0.440 e. The molecule has 2 fully saturated rings. The molecule has 1 aliphatic carbocycles. The van der Waals surface area contributed by atoms with Crippen LogP contribution in [0.2, 0.25) is 58.4 Å². The molecule has 4 unspecified atom stereocenters. The van der Waals surface area contributed by atoms with Gasteiger partial charge in [0.15, 0.2) is 16.2 Å². The first-order valence-corrected chi connectivity index (χ1v) is 25.1. The summed E-state index contributed by atoms with van der Waals surface area (Å²) < 4.78 is 25.7. The van der Waals surface area contributed by atoms with Gasteiger partial charge < -0.3 is 17.1 Å². The highest BCUT2D eigenvalue weighted by Gasteiger charge is 2.47. The molecule has 9 heteroatoms. The van der Waals surface area contributed by atoms with Crippen molar-refractivity contribution in [2.45, 2.75) is 141 Å². The van der Waals surface area contributed by atoms with Crippen LogP contribution in [-0.2, 0) is 17.1 Å². The molecule has 0 spiro atoms. The van der Waals surface area contributed by atoms with E-state index in [0.717, 1.165) is 21.7 Å². The normalized spacial score (nSPS) is 24.2. The van der Waals surface area contributed by atoms with Crippen molar-refractivity contribution in [1.82, 2.24) is 0 Å². The fourth-order valence-corrected chi connectivity index (χ4v) is 26.2. The summed E-state index contributed by atoms with van der Waals surface area (Å²) >= 11 is 0. The third-order valence-electron chi connectivity index (χ3n) is 4.66. The van der Waals surface area contributed by atoms with Gasteiger partial charge >= 0.3 is 17.1 Å². The Hall–Kier alpha value is 0.924. The Morgan fingerprint density at radius 3 is 1.68 bits per heavy atom. The average molecular weight is 533 g/mol. The average Bonchev–Trinajstić information content (AvgIpc) is 3.08. The van der Waals surface area contributed by atoms with Crippen molar-refractivity contribution in [3.8, 4) is 0 Å². The molecular formula is C22H64O4Si5. The third kappa shape index (κ3) is 16.2. The van der Waals surface area contributed by atoms with Crippen LogP contribution in [0.5, 0.6) is 0 Å². The fourth-order valence-electron chi connectivity index (χ4n) is 4.26. The van der Waals surface area contributed by atoms with Crippen LogP contribution in [0.25, 0.3) is 0 Å². The minimum absolute atomic E-state index is 0. The lowest BCUT2D eigenvalue weighted by Crippen LogP contribution is -2.57. The van der Waals surface area contributed by atoms with Gasteiger partial charge in [-0.05, 0) is 90.0 Å². The van der Waals surface area contributed by atoms with Crippen molar-refractivity contribution in [3.63, 3.8) is 0 Å². The molecule has 0 aromatic heterocycles. The fraction of sp³-hybridized carbons (Fsp3) is 1.00. The van der Waals surface area contributed by atoms with Crippen LogP contribution in [-0.4, -0.2) is 55.2 Å². The second kappa shape index (κ2) is 15.0.